The summed E-state index contributed by atoms with van der Waals surface area (Å²) in [7, 11) is 0. The first-order valence-electron chi connectivity index (χ1n) is 7.50. The first kappa shape index (κ1) is 16.6. The van der Waals surface area contributed by atoms with Crippen molar-refractivity contribution in [2.24, 2.45) is 0 Å². The van der Waals surface area contributed by atoms with Gasteiger partial charge in [-0.3, -0.25) is 9.78 Å². The molecule has 2 aromatic carbocycles. The molecule has 0 aliphatic rings. The Hall–Kier alpha value is -3.28. The number of hydrogen-bond donors (Lipinski definition) is 1. The summed E-state index contributed by atoms with van der Waals surface area (Å²) >= 11 is 0. The summed E-state index contributed by atoms with van der Waals surface area (Å²) in [5.41, 5.74) is 1.60. The van der Waals surface area contributed by atoms with Crippen LogP contribution in [0.3, 0.4) is 0 Å². The van der Waals surface area contributed by atoms with E-state index in [1.165, 1.54) is 6.07 Å². The number of carbonyl (C=O) groups excluding carboxylic acids is 1. The van der Waals surface area contributed by atoms with Crippen LogP contribution in [0.4, 0.5) is 14.5 Å². The van der Waals surface area contributed by atoms with Crippen LogP contribution in [0.2, 0.25) is 0 Å². The maximum absolute atomic E-state index is 13.6. The smallest absolute Gasteiger partial charge is 0.256 e. The summed E-state index contributed by atoms with van der Waals surface area (Å²) < 4.78 is 32.0. The molecule has 1 aromatic heterocycles. The number of carbonyl (C=O) groups is 1. The van der Waals surface area contributed by atoms with Crippen LogP contribution >= 0.6 is 0 Å². The van der Waals surface area contributed by atoms with E-state index in [4.69, 9.17) is 4.74 Å². The molecule has 0 unspecified atom stereocenters. The van der Waals surface area contributed by atoms with Crippen LogP contribution in [0, 0.1) is 11.6 Å². The topological polar surface area (TPSA) is 51.2 Å². The first-order chi connectivity index (χ1) is 12.1. The fraction of sp³-hybridized carbons (Fsp3) is 0.0526. The Bertz CT molecular complexity index is 886. The molecule has 4 nitrogen and oxygen atoms in total. The summed E-state index contributed by atoms with van der Waals surface area (Å²) in [6, 6.07) is 13.3. The number of anilines is 1. The molecule has 0 bridgehead atoms. The van der Waals surface area contributed by atoms with Gasteiger partial charge in [0.2, 0.25) is 0 Å². The number of halogens is 2. The first-order valence-corrected chi connectivity index (χ1v) is 7.50. The third-order valence-electron chi connectivity index (χ3n) is 3.48. The predicted molar refractivity (Wildman–Crippen MR) is 89.3 cm³/mol. The van der Waals surface area contributed by atoms with Crippen molar-refractivity contribution in [3.8, 4) is 5.75 Å². The molecule has 0 radical (unpaired) electrons. The van der Waals surface area contributed by atoms with E-state index < -0.39 is 11.6 Å². The van der Waals surface area contributed by atoms with E-state index in [0.717, 1.165) is 12.1 Å². The molecule has 0 saturated heterocycles. The molecule has 0 aliphatic heterocycles. The highest BCUT2D eigenvalue weighted by molar-refractivity contribution is 6.05. The van der Waals surface area contributed by atoms with Gasteiger partial charge in [0.05, 0.1) is 0 Å². The normalized spacial score (nSPS) is 10.3. The van der Waals surface area contributed by atoms with Gasteiger partial charge in [-0.15, -0.1) is 0 Å². The predicted octanol–water partition coefficient (Wildman–Crippen LogP) is 4.19. The SMILES string of the molecule is O=C(Nc1ccncc1)c1ccccc1COc1ccc(F)cc1F. The fourth-order valence-electron chi connectivity index (χ4n) is 2.25. The monoisotopic (exact) mass is 340 g/mol. The molecule has 1 N–H and O–H groups in total. The Balaban J connectivity index is 1.75. The Morgan fingerprint density at radius 2 is 1.80 bits per heavy atom. The van der Waals surface area contributed by atoms with Gasteiger partial charge in [-0.05, 0) is 30.3 Å². The second-order valence-electron chi connectivity index (χ2n) is 5.21. The molecule has 1 heterocycles. The Kier molecular flexibility index (Phi) is 4.99. The minimum Gasteiger partial charge on any atom is -0.486 e. The summed E-state index contributed by atoms with van der Waals surface area (Å²) in [4.78, 5) is 16.3. The third kappa shape index (κ3) is 4.17. The van der Waals surface area contributed by atoms with Crippen LogP contribution in [0.5, 0.6) is 5.75 Å². The summed E-state index contributed by atoms with van der Waals surface area (Å²) in [6.45, 7) is -0.0253. The Labute approximate surface area is 143 Å². The lowest BCUT2D eigenvalue weighted by Crippen LogP contribution is -2.15. The molecule has 0 aliphatic carbocycles. The van der Waals surface area contributed by atoms with E-state index in [1.54, 1.807) is 48.8 Å². The van der Waals surface area contributed by atoms with Crippen LogP contribution in [0.25, 0.3) is 0 Å². The summed E-state index contributed by atoms with van der Waals surface area (Å²) in [5, 5.41) is 2.76. The van der Waals surface area contributed by atoms with Gasteiger partial charge in [-0.25, -0.2) is 8.78 Å². The van der Waals surface area contributed by atoms with E-state index >= 15 is 0 Å². The van der Waals surface area contributed by atoms with Gasteiger partial charge in [0.15, 0.2) is 11.6 Å². The number of hydrogen-bond acceptors (Lipinski definition) is 3. The molecule has 0 fully saturated rings. The van der Waals surface area contributed by atoms with Crippen LogP contribution in [0.1, 0.15) is 15.9 Å². The lowest BCUT2D eigenvalue weighted by Gasteiger charge is -2.12. The van der Waals surface area contributed by atoms with E-state index in [-0.39, 0.29) is 18.3 Å². The molecule has 3 rings (SSSR count). The van der Waals surface area contributed by atoms with Crippen molar-refractivity contribution in [1.82, 2.24) is 4.98 Å². The maximum Gasteiger partial charge on any atom is 0.256 e. The molecule has 0 atom stereocenters. The Morgan fingerprint density at radius 3 is 2.56 bits per heavy atom. The number of ether oxygens (including phenoxy) is 1. The molecule has 0 spiro atoms. The number of nitrogens with one attached hydrogen (secondary N) is 1. The average molecular weight is 340 g/mol. The van der Waals surface area contributed by atoms with Crippen molar-refractivity contribution < 1.29 is 18.3 Å². The lowest BCUT2D eigenvalue weighted by atomic mass is 10.1. The van der Waals surface area contributed by atoms with Gasteiger partial charge in [0, 0.05) is 35.3 Å². The number of aromatic nitrogens is 1. The third-order valence-corrected chi connectivity index (χ3v) is 3.48. The fourth-order valence-corrected chi connectivity index (χ4v) is 2.25. The number of nitrogens with zero attached hydrogens (tertiary/aromatic N) is 1. The zero-order valence-electron chi connectivity index (χ0n) is 13.1. The van der Waals surface area contributed by atoms with Crippen molar-refractivity contribution in [1.29, 1.82) is 0 Å². The number of rotatable bonds is 5. The van der Waals surface area contributed by atoms with Crippen LogP contribution in [-0.4, -0.2) is 10.9 Å². The largest absolute Gasteiger partial charge is 0.486 e. The second kappa shape index (κ2) is 7.53. The highest BCUT2D eigenvalue weighted by Crippen LogP contribution is 2.20. The van der Waals surface area contributed by atoms with Crippen molar-refractivity contribution in [3.63, 3.8) is 0 Å². The van der Waals surface area contributed by atoms with Gasteiger partial charge < -0.3 is 10.1 Å². The Morgan fingerprint density at radius 1 is 1.04 bits per heavy atom. The molecular weight excluding hydrogens is 326 g/mol. The minimum atomic E-state index is -0.793. The highest BCUT2D eigenvalue weighted by atomic mass is 19.1. The number of benzene rings is 2. The number of amides is 1. The summed E-state index contributed by atoms with van der Waals surface area (Å²) in [6.07, 6.45) is 3.14. The quantitative estimate of drug-likeness (QED) is 0.758. The van der Waals surface area contributed by atoms with E-state index in [1.807, 2.05) is 0 Å². The average Bonchev–Trinajstić information content (AvgIpc) is 2.62. The molecule has 3 aromatic rings. The van der Waals surface area contributed by atoms with E-state index in [0.29, 0.717) is 16.8 Å². The number of pyridine rings is 1. The van der Waals surface area contributed by atoms with Gasteiger partial charge in [-0.1, -0.05) is 18.2 Å². The van der Waals surface area contributed by atoms with Crippen molar-refractivity contribution in [2.75, 3.05) is 5.32 Å². The highest BCUT2D eigenvalue weighted by Gasteiger charge is 2.13. The zero-order valence-corrected chi connectivity index (χ0v) is 13.1. The summed E-state index contributed by atoms with van der Waals surface area (Å²) in [5.74, 6) is -1.86. The maximum atomic E-state index is 13.6. The minimum absolute atomic E-state index is 0.0253. The van der Waals surface area contributed by atoms with Gasteiger partial charge in [0.1, 0.15) is 12.4 Å². The van der Waals surface area contributed by atoms with Crippen LogP contribution in [-0.2, 0) is 6.61 Å². The van der Waals surface area contributed by atoms with Crippen LogP contribution < -0.4 is 10.1 Å². The van der Waals surface area contributed by atoms with Gasteiger partial charge in [-0.2, -0.15) is 0 Å². The molecular formula is C19H14F2N2O2. The second-order valence-corrected chi connectivity index (χ2v) is 5.21. The standard InChI is InChI=1S/C19H14F2N2O2/c20-14-5-6-18(17(21)11-14)25-12-13-3-1-2-4-16(13)19(24)23-15-7-9-22-10-8-15/h1-11H,12H2,(H,22,23,24). The lowest BCUT2D eigenvalue weighted by molar-refractivity contribution is 0.102. The van der Waals surface area contributed by atoms with E-state index in [2.05, 4.69) is 10.3 Å². The van der Waals surface area contributed by atoms with Crippen LogP contribution in [0.15, 0.2) is 67.0 Å². The van der Waals surface area contributed by atoms with Crippen molar-refractivity contribution >= 4 is 11.6 Å². The molecule has 6 heteroatoms. The molecule has 0 saturated carbocycles. The van der Waals surface area contributed by atoms with Crippen molar-refractivity contribution in [3.05, 3.63) is 89.8 Å². The van der Waals surface area contributed by atoms with Gasteiger partial charge in [0.25, 0.3) is 5.91 Å². The van der Waals surface area contributed by atoms with E-state index in [9.17, 15) is 13.6 Å². The molecule has 126 valence electrons. The van der Waals surface area contributed by atoms with Crippen molar-refractivity contribution in [2.45, 2.75) is 6.61 Å². The van der Waals surface area contributed by atoms with Gasteiger partial charge >= 0.3 is 0 Å². The molecule has 1 amide bonds. The molecule has 25 heavy (non-hydrogen) atoms. The zero-order chi connectivity index (χ0) is 17.6.